The van der Waals surface area contributed by atoms with Crippen molar-refractivity contribution in [1.29, 1.82) is 0 Å². The minimum atomic E-state index is -2.20. The zero-order valence-corrected chi connectivity index (χ0v) is 13.8. The number of carboxylic acid groups (broad SMARTS) is 1. The fraction of sp³-hybridized carbons (Fsp3) is 0.417. The summed E-state index contributed by atoms with van der Waals surface area (Å²) in [6.45, 7) is 6.96. The molecule has 0 aliphatic carbocycles. The number of halogens is 3. The lowest BCUT2D eigenvalue weighted by Crippen LogP contribution is -2.29. The van der Waals surface area contributed by atoms with Gasteiger partial charge in [0, 0.05) is 11.6 Å². The van der Waals surface area contributed by atoms with E-state index in [9.17, 15) is 19.5 Å². The molecular formula is C12H15Cl3O7. The predicted octanol–water partition coefficient (Wildman–Crippen LogP) is 1.64. The van der Waals surface area contributed by atoms with E-state index in [-0.39, 0.29) is 12.2 Å². The van der Waals surface area contributed by atoms with Gasteiger partial charge in [-0.15, -0.1) is 0 Å². The average molecular weight is 378 g/mol. The van der Waals surface area contributed by atoms with Crippen molar-refractivity contribution < 1.29 is 34.1 Å². The van der Waals surface area contributed by atoms with Crippen LogP contribution < -0.4 is 0 Å². The quantitative estimate of drug-likeness (QED) is 0.411. The lowest BCUT2D eigenvalue weighted by Gasteiger charge is -2.13. The number of hydrogen-bond acceptors (Lipinski definition) is 6. The van der Waals surface area contributed by atoms with E-state index in [2.05, 4.69) is 22.6 Å². The van der Waals surface area contributed by atoms with Crippen LogP contribution >= 0.6 is 34.8 Å². The molecule has 22 heavy (non-hydrogen) atoms. The molecule has 0 rings (SSSR count). The Morgan fingerprint density at radius 2 is 1.64 bits per heavy atom. The van der Waals surface area contributed by atoms with E-state index in [0.717, 1.165) is 6.08 Å². The van der Waals surface area contributed by atoms with Crippen LogP contribution in [0.5, 0.6) is 0 Å². The minimum absolute atomic E-state index is 0.176. The third-order valence-corrected chi connectivity index (χ3v) is 2.05. The molecule has 1 unspecified atom stereocenters. The second kappa shape index (κ2) is 11.3. The van der Waals surface area contributed by atoms with Crippen LogP contribution in [0.15, 0.2) is 24.8 Å². The van der Waals surface area contributed by atoms with Crippen molar-refractivity contribution >= 4 is 52.7 Å². The van der Waals surface area contributed by atoms with Gasteiger partial charge in [-0.1, -0.05) is 48.0 Å². The molecular weight excluding hydrogens is 362 g/mol. The number of carbonyl (C=O) groups is 3. The Hall–Kier alpha value is -1.28. The number of carbonyl (C=O) groups excluding carboxylic acids is 2. The van der Waals surface area contributed by atoms with Gasteiger partial charge in [0.25, 0.3) is 3.79 Å². The first-order valence-electron chi connectivity index (χ1n) is 5.51. The highest BCUT2D eigenvalue weighted by Gasteiger charge is 2.33. The topological polar surface area (TPSA) is 110 Å². The summed E-state index contributed by atoms with van der Waals surface area (Å²) in [7, 11) is 0. The van der Waals surface area contributed by atoms with Crippen molar-refractivity contribution in [2.75, 3.05) is 13.2 Å². The molecule has 0 saturated carbocycles. The number of esters is 2. The summed E-state index contributed by atoms with van der Waals surface area (Å²) in [5.41, 5.74) is 0.176. The Balaban J connectivity index is 0. The van der Waals surface area contributed by atoms with Gasteiger partial charge in [0.2, 0.25) is 0 Å². The number of aliphatic hydroxyl groups excluding tert-OH is 1. The van der Waals surface area contributed by atoms with Crippen LogP contribution in [0.2, 0.25) is 0 Å². The summed E-state index contributed by atoms with van der Waals surface area (Å²) in [4.78, 5) is 31.1. The van der Waals surface area contributed by atoms with Crippen LogP contribution in [0.3, 0.4) is 0 Å². The Morgan fingerprint density at radius 1 is 1.23 bits per heavy atom. The fourth-order valence-electron chi connectivity index (χ4n) is 0.539. The highest BCUT2D eigenvalue weighted by atomic mass is 35.6. The van der Waals surface area contributed by atoms with E-state index < -0.39 is 34.4 Å². The Labute approximate surface area is 142 Å². The first kappa shape index (κ1) is 23.0. The smallest absolute Gasteiger partial charge is 0.358 e. The first-order chi connectivity index (χ1) is 9.91. The second-order valence-electron chi connectivity index (χ2n) is 3.67. The molecule has 0 bridgehead atoms. The average Bonchev–Trinajstić information content (AvgIpc) is 2.41. The van der Waals surface area contributed by atoms with Gasteiger partial charge in [0.15, 0.2) is 0 Å². The SMILES string of the molecule is C=C(C)C(=O)O.C=CC(=O)OCC(O)COC(=O)C(Cl)(Cl)Cl. The molecule has 0 aliphatic heterocycles. The van der Waals surface area contributed by atoms with Crippen LogP contribution in [0.4, 0.5) is 0 Å². The largest absolute Gasteiger partial charge is 0.478 e. The summed E-state index contributed by atoms with van der Waals surface area (Å²) < 4.78 is 6.71. The van der Waals surface area contributed by atoms with Gasteiger partial charge in [-0.05, 0) is 6.92 Å². The van der Waals surface area contributed by atoms with Crippen LogP contribution in [0.25, 0.3) is 0 Å². The van der Waals surface area contributed by atoms with Gasteiger partial charge in [0.1, 0.15) is 19.3 Å². The molecule has 10 heteroatoms. The maximum atomic E-state index is 10.9. The molecule has 0 aromatic carbocycles. The fourth-order valence-corrected chi connectivity index (χ4v) is 0.703. The third kappa shape index (κ3) is 13.7. The summed E-state index contributed by atoms with van der Waals surface area (Å²) in [5, 5.41) is 17.1. The van der Waals surface area contributed by atoms with Gasteiger partial charge in [0.05, 0.1) is 0 Å². The first-order valence-corrected chi connectivity index (χ1v) is 6.65. The number of hydrogen-bond donors (Lipinski definition) is 2. The summed E-state index contributed by atoms with van der Waals surface area (Å²) in [6.07, 6.45) is -0.264. The van der Waals surface area contributed by atoms with E-state index >= 15 is 0 Å². The lowest BCUT2D eigenvalue weighted by molar-refractivity contribution is -0.149. The summed E-state index contributed by atoms with van der Waals surface area (Å²) >= 11 is 15.6. The number of carboxylic acids is 1. The molecule has 2 N–H and O–H groups in total. The second-order valence-corrected chi connectivity index (χ2v) is 5.95. The van der Waals surface area contributed by atoms with Gasteiger partial charge in [-0.3, -0.25) is 0 Å². The van der Waals surface area contributed by atoms with Crippen molar-refractivity contribution in [3.63, 3.8) is 0 Å². The minimum Gasteiger partial charge on any atom is -0.478 e. The molecule has 1 atom stereocenters. The highest BCUT2D eigenvalue weighted by molar-refractivity contribution is 6.75. The molecule has 0 aromatic rings. The van der Waals surface area contributed by atoms with E-state index in [1.807, 2.05) is 0 Å². The zero-order valence-electron chi connectivity index (χ0n) is 11.6. The number of alkyl halides is 3. The number of aliphatic hydroxyl groups is 1. The van der Waals surface area contributed by atoms with Crippen LogP contribution in [0, 0.1) is 0 Å². The Morgan fingerprint density at radius 3 is 1.95 bits per heavy atom. The molecule has 0 fully saturated rings. The summed E-state index contributed by atoms with van der Waals surface area (Å²) in [5.74, 6) is -2.76. The third-order valence-electron chi connectivity index (χ3n) is 1.59. The van der Waals surface area contributed by atoms with Crippen molar-refractivity contribution in [2.24, 2.45) is 0 Å². The van der Waals surface area contributed by atoms with Gasteiger partial charge in [-0.2, -0.15) is 0 Å². The molecule has 0 aliphatic rings. The van der Waals surface area contributed by atoms with Crippen LogP contribution in [-0.4, -0.2) is 51.2 Å². The van der Waals surface area contributed by atoms with Crippen molar-refractivity contribution in [1.82, 2.24) is 0 Å². The van der Waals surface area contributed by atoms with E-state index in [4.69, 9.17) is 39.9 Å². The van der Waals surface area contributed by atoms with E-state index in [0.29, 0.717) is 0 Å². The Kier molecular flexibility index (Phi) is 11.8. The highest BCUT2D eigenvalue weighted by Crippen LogP contribution is 2.27. The molecule has 126 valence electrons. The van der Waals surface area contributed by atoms with Gasteiger partial charge in [-0.25, -0.2) is 14.4 Å². The lowest BCUT2D eigenvalue weighted by atomic mass is 10.4. The molecule has 0 amide bonds. The van der Waals surface area contributed by atoms with E-state index in [1.165, 1.54) is 6.92 Å². The van der Waals surface area contributed by atoms with Crippen LogP contribution in [0.1, 0.15) is 6.92 Å². The van der Waals surface area contributed by atoms with Crippen molar-refractivity contribution in [2.45, 2.75) is 16.8 Å². The molecule has 0 saturated heterocycles. The maximum Gasteiger partial charge on any atom is 0.358 e. The van der Waals surface area contributed by atoms with Crippen LogP contribution in [-0.2, 0) is 23.9 Å². The Bertz CT molecular complexity index is 417. The zero-order chi connectivity index (χ0) is 17.9. The molecule has 0 radical (unpaired) electrons. The molecule has 0 aromatic heterocycles. The van der Waals surface area contributed by atoms with Crippen molar-refractivity contribution in [3.05, 3.63) is 24.8 Å². The van der Waals surface area contributed by atoms with Gasteiger partial charge < -0.3 is 19.7 Å². The van der Waals surface area contributed by atoms with Gasteiger partial charge >= 0.3 is 17.9 Å². The summed E-state index contributed by atoms with van der Waals surface area (Å²) in [6, 6.07) is 0. The molecule has 0 spiro atoms. The predicted molar refractivity (Wildman–Crippen MR) is 80.9 cm³/mol. The monoisotopic (exact) mass is 376 g/mol. The molecule has 7 nitrogen and oxygen atoms in total. The molecule has 0 heterocycles. The standard InChI is InChI=1S/C8H9Cl3O5.C4H6O2/c1-2-6(13)15-3-5(12)4-16-7(14)8(9,10)11;1-3(2)4(5)6/h2,5,12H,1,3-4H2;1H2,2H3,(H,5,6). The number of aliphatic carboxylic acids is 1. The van der Waals surface area contributed by atoms with E-state index in [1.54, 1.807) is 0 Å². The normalized spacial score (nSPS) is 11.3. The number of rotatable bonds is 6. The van der Waals surface area contributed by atoms with Crippen molar-refractivity contribution in [3.8, 4) is 0 Å². The maximum absolute atomic E-state index is 10.9. The number of ether oxygens (including phenoxy) is 2.